The Labute approximate surface area is 66.2 Å². The Hall–Kier alpha value is -0.810. The van der Waals surface area contributed by atoms with E-state index in [-0.39, 0.29) is 0 Å². The van der Waals surface area contributed by atoms with Gasteiger partial charge in [0.25, 0.3) is 0 Å². The van der Waals surface area contributed by atoms with Crippen LogP contribution >= 0.6 is 0 Å². The van der Waals surface area contributed by atoms with Crippen molar-refractivity contribution in [1.82, 2.24) is 0 Å². The Morgan fingerprint density at radius 1 is 1.50 bits per heavy atom. The molecular formula is C6H8F4O2. The number of halogens is 4. The summed E-state index contributed by atoms with van der Waals surface area (Å²) in [5.74, 6) is -3.78. The van der Waals surface area contributed by atoms with Crippen LogP contribution in [0.2, 0.25) is 0 Å². The fourth-order valence-corrected chi connectivity index (χ4v) is 0.545. The van der Waals surface area contributed by atoms with E-state index >= 15 is 0 Å². The van der Waals surface area contributed by atoms with Gasteiger partial charge in [0.1, 0.15) is 0 Å². The Morgan fingerprint density at radius 2 is 1.92 bits per heavy atom. The Bertz CT molecular complexity index is 165. The van der Waals surface area contributed by atoms with Crippen LogP contribution in [0.3, 0.4) is 0 Å². The molecule has 0 aliphatic rings. The summed E-state index contributed by atoms with van der Waals surface area (Å²) < 4.78 is 47.3. The van der Waals surface area contributed by atoms with Crippen molar-refractivity contribution in [2.24, 2.45) is 5.92 Å². The van der Waals surface area contributed by atoms with Gasteiger partial charge in [-0.2, -0.15) is 13.2 Å². The average molecular weight is 188 g/mol. The van der Waals surface area contributed by atoms with Crippen molar-refractivity contribution < 1.29 is 27.5 Å². The monoisotopic (exact) mass is 188 g/mol. The second-order valence-electron chi connectivity index (χ2n) is 2.48. The lowest BCUT2D eigenvalue weighted by atomic mass is 10.0. The van der Waals surface area contributed by atoms with Crippen molar-refractivity contribution >= 4 is 5.97 Å². The van der Waals surface area contributed by atoms with Crippen LogP contribution in [0, 0.1) is 5.92 Å². The molecule has 1 N–H and O–H groups in total. The van der Waals surface area contributed by atoms with Gasteiger partial charge in [-0.05, 0) is 0 Å². The number of alkyl halides is 4. The summed E-state index contributed by atoms with van der Waals surface area (Å²) >= 11 is 0. The molecule has 0 bridgehead atoms. The minimum Gasteiger partial charge on any atom is -0.479 e. The zero-order valence-electron chi connectivity index (χ0n) is 6.23. The summed E-state index contributed by atoms with van der Waals surface area (Å²) in [5, 5.41) is 7.95. The van der Waals surface area contributed by atoms with E-state index in [2.05, 4.69) is 0 Å². The van der Waals surface area contributed by atoms with Crippen molar-refractivity contribution in [3.8, 4) is 0 Å². The molecule has 0 aliphatic carbocycles. The summed E-state index contributed by atoms with van der Waals surface area (Å²) in [7, 11) is 0. The van der Waals surface area contributed by atoms with Gasteiger partial charge in [-0.1, -0.05) is 6.92 Å². The Morgan fingerprint density at radius 3 is 2.17 bits per heavy atom. The number of aliphatic carboxylic acids is 1. The van der Waals surface area contributed by atoms with Crippen LogP contribution in [0.5, 0.6) is 0 Å². The van der Waals surface area contributed by atoms with E-state index in [4.69, 9.17) is 5.11 Å². The third kappa shape index (κ3) is 3.54. The Kier molecular flexibility index (Phi) is 3.48. The SMILES string of the molecule is CC(CC(F)C(=O)O)C(F)(F)F. The van der Waals surface area contributed by atoms with Crippen molar-refractivity contribution in [3.63, 3.8) is 0 Å². The highest BCUT2D eigenvalue weighted by atomic mass is 19.4. The smallest absolute Gasteiger partial charge is 0.391 e. The number of carboxylic acid groups (broad SMARTS) is 1. The van der Waals surface area contributed by atoms with Crippen LogP contribution in [0.25, 0.3) is 0 Å². The molecule has 0 aromatic carbocycles. The summed E-state index contributed by atoms with van der Waals surface area (Å²) in [6.45, 7) is 0.746. The molecule has 0 aromatic heterocycles. The number of carbonyl (C=O) groups is 1. The number of hydrogen-bond acceptors (Lipinski definition) is 1. The quantitative estimate of drug-likeness (QED) is 0.687. The maximum Gasteiger partial charge on any atom is 0.391 e. The maximum absolute atomic E-state index is 12.2. The average Bonchev–Trinajstić information content (AvgIpc) is 1.85. The van der Waals surface area contributed by atoms with Crippen molar-refractivity contribution in [1.29, 1.82) is 0 Å². The second-order valence-corrected chi connectivity index (χ2v) is 2.48. The third-order valence-corrected chi connectivity index (χ3v) is 1.39. The van der Waals surface area contributed by atoms with E-state index < -0.39 is 30.7 Å². The molecule has 0 radical (unpaired) electrons. The lowest BCUT2D eigenvalue weighted by molar-refractivity contribution is -0.177. The standard InChI is InChI=1S/C6H8F4O2/c1-3(6(8,9)10)2-4(7)5(11)12/h3-4H,2H2,1H3,(H,11,12). The predicted octanol–water partition coefficient (Wildman–Crippen LogP) is 2.00. The van der Waals surface area contributed by atoms with E-state index in [0.717, 1.165) is 6.92 Å². The van der Waals surface area contributed by atoms with Gasteiger partial charge < -0.3 is 5.11 Å². The molecule has 2 nitrogen and oxygen atoms in total. The molecule has 6 heteroatoms. The van der Waals surface area contributed by atoms with Crippen molar-refractivity contribution in [2.75, 3.05) is 0 Å². The first kappa shape index (κ1) is 11.2. The molecule has 0 aromatic rings. The minimum absolute atomic E-state index is 0.746. The molecule has 72 valence electrons. The maximum atomic E-state index is 12.2. The van der Waals surface area contributed by atoms with E-state index in [1.807, 2.05) is 0 Å². The first-order chi connectivity index (χ1) is 5.25. The normalized spacial score (nSPS) is 17.1. The first-order valence-electron chi connectivity index (χ1n) is 3.18. The lowest BCUT2D eigenvalue weighted by Crippen LogP contribution is -2.26. The van der Waals surface area contributed by atoms with Gasteiger partial charge in [0.05, 0.1) is 5.92 Å². The van der Waals surface area contributed by atoms with Gasteiger partial charge in [-0.15, -0.1) is 0 Å². The molecule has 0 saturated carbocycles. The fraction of sp³-hybridized carbons (Fsp3) is 0.833. The lowest BCUT2D eigenvalue weighted by Gasteiger charge is -2.15. The van der Waals surface area contributed by atoms with Crippen LogP contribution in [0.4, 0.5) is 17.6 Å². The molecule has 0 spiro atoms. The van der Waals surface area contributed by atoms with Crippen molar-refractivity contribution in [2.45, 2.75) is 25.7 Å². The van der Waals surface area contributed by atoms with Gasteiger partial charge in [0, 0.05) is 6.42 Å². The molecule has 2 atom stereocenters. The summed E-state index contributed by atoms with van der Waals surface area (Å²) in [4.78, 5) is 9.82. The summed E-state index contributed by atoms with van der Waals surface area (Å²) in [6, 6.07) is 0. The molecule has 12 heavy (non-hydrogen) atoms. The predicted molar refractivity (Wildman–Crippen MR) is 32.4 cm³/mol. The highest BCUT2D eigenvalue weighted by Crippen LogP contribution is 2.29. The molecule has 0 amide bonds. The summed E-state index contributed by atoms with van der Waals surface area (Å²) in [5.41, 5.74) is 0. The Balaban J connectivity index is 4.01. The number of hydrogen-bond donors (Lipinski definition) is 1. The molecule has 0 aliphatic heterocycles. The van der Waals surface area contributed by atoms with Gasteiger partial charge in [0.15, 0.2) is 6.17 Å². The topological polar surface area (TPSA) is 37.3 Å². The van der Waals surface area contributed by atoms with Gasteiger partial charge in [-0.25, -0.2) is 9.18 Å². The first-order valence-corrected chi connectivity index (χ1v) is 3.18. The minimum atomic E-state index is -4.53. The largest absolute Gasteiger partial charge is 0.479 e. The van der Waals surface area contributed by atoms with Crippen LogP contribution in [0.15, 0.2) is 0 Å². The van der Waals surface area contributed by atoms with Crippen molar-refractivity contribution in [3.05, 3.63) is 0 Å². The zero-order valence-corrected chi connectivity index (χ0v) is 6.23. The van der Waals surface area contributed by atoms with E-state index in [1.165, 1.54) is 0 Å². The van der Waals surface area contributed by atoms with Crippen LogP contribution in [-0.2, 0) is 4.79 Å². The van der Waals surface area contributed by atoms with Gasteiger partial charge in [0.2, 0.25) is 0 Å². The molecule has 0 heterocycles. The summed E-state index contributed by atoms with van der Waals surface area (Å²) in [6.07, 6.45) is -8.00. The van der Waals surface area contributed by atoms with E-state index in [9.17, 15) is 22.4 Å². The van der Waals surface area contributed by atoms with Crippen LogP contribution in [0.1, 0.15) is 13.3 Å². The second kappa shape index (κ2) is 3.73. The number of carboxylic acids is 1. The zero-order chi connectivity index (χ0) is 9.94. The number of rotatable bonds is 3. The highest BCUT2D eigenvalue weighted by Gasteiger charge is 2.38. The molecule has 0 saturated heterocycles. The van der Waals surface area contributed by atoms with Gasteiger partial charge in [-0.3, -0.25) is 0 Å². The fourth-order valence-electron chi connectivity index (χ4n) is 0.545. The molecular weight excluding hydrogens is 180 g/mol. The third-order valence-electron chi connectivity index (χ3n) is 1.39. The van der Waals surface area contributed by atoms with Crippen LogP contribution < -0.4 is 0 Å². The molecule has 2 unspecified atom stereocenters. The molecule has 0 rings (SSSR count). The van der Waals surface area contributed by atoms with E-state index in [0.29, 0.717) is 0 Å². The highest BCUT2D eigenvalue weighted by molar-refractivity contribution is 5.71. The van der Waals surface area contributed by atoms with E-state index in [1.54, 1.807) is 0 Å². The molecule has 0 fully saturated rings. The van der Waals surface area contributed by atoms with Crippen LogP contribution in [-0.4, -0.2) is 23.4 Å². The van der Waals surface area contributed by atoms with Gasteiger partial charge >= 0.3 is 12.1 Å².